The largest absolute Gasteiger partial charge is 0.507 e. The minimum atomic E-state index is -0.871. The molecule has 2 rings (SSSR count). The quantitative estimate of drug-likeness (QED) is 0.205. The Balaban J connectivity index is 2.15. The molecule has 0 saturated heterocycles. The zero-order valence-corrected chi connectivity index (χ0v) is 20.3. The lowest BCUT2D eigenvalue weighted by atomic mass is 9.98. The number of rotatable bonds is 11. The van der Waals surface area contributed by atoms with Crippen LogP contribution in [-0.2, 0) is 9.53 Å². The summed E-state index contributed by atoms with van der Waals surface area (Å²) in [4.78, 5) is 36.6. The lowest BCUT2D eigenvalue weighted by Gasteiger charge is -2.11. The molecule has 182 valence electrons. The Kier molecular flexibility index (Phi) is 9.86. The first kappa shape index (κ1) is 26.6. The Bertz CT molecular complexity index is 1140. The molecule has 0 aliphatic carbocycles. The van der Waals surface area contributed by atoms with Gasteiger partial charge in [0.05, 0.1) is 20.1 Å². The number of ether oxygens (including phenoxy) is 2. The summed E-state index contributed by atoms with van der Waals surface area (Å²) in [5.41, 5.74) is 0.768. The van der Waals surface area contributed by atoms with E-state index in [0.717, 1.165) is 16.9 Å². The molecular formula is C27H32O7. The zero-order valence-electron chi connectivity index (χ0n) is 20.3. The van der Waals surface area contributed by atoms with Gasteiger partial charge in [0.25, 0.3) is 0 Å². The van der Waals surface area contributed by atoms with Crippen molar-refractivity contribution in [1.82, 2.24) is 0 Å². The van der Waals surface area contributed by atoms with E-state index in [1.807, 2.05) is 45.0 Å². The molecule has 1 unspecified atom stereocenters. The number of methoxy groups -OCH3 is 1. The number of aromatic hydroxyl groups is 1. The van der Waals surface area contributed by atoms with Crippen LogP contribution in [0.25, 0.3) is 6.08 Å². The average molecular weight is 469 g/mol. The van der Waals surface area contributed by atoms with Crippen LogP contribution >= 0.6 is 0 Å². The number of esters is 1. The van der Waals surface area contributed by atoms with Crippen molar-refractivity contribution in [3.63, 3.8) is 0 Å². The fourth-order valence-corrected chi connectivity index (χ4v) is 3.38. The van der Waals surface area contributed by atoms with Gasteiger partial charge in [-0.15, -0.1) is 0 Å². The molecule has 7 heteroatoms. The van der Waals surface area contributed by atoms with Gasteiger partial charge in [0.2, 0.25) is 0 Å². The highest BCUT2D eigenvalue weighted by molar-refractivity contribution is 6.12. The third kappa shape index (κ3) is 7.20. The summed E-state index contributed by atoms with van der Waals surface area (Å²) in [6.07, 6.45) is 6.70. The first-order valence-corrected chi connectivity index (χ1v) is 11.2. The van der Waals surface area contributed by atoms with Gasteiger partial charge in [-0.3, -0.25) is 9.59 Å². The Hall–Kier alpha value is -3.61. The highest BCUT2D eigenvalue weighted by Crippen LogP contribution is 2.27. The van der Waals surface area contributed by atoms with Crippen LogP contribution in [0.5, 0.6) is 11.5 Å². The Labute approximate surface area is 199 Å². The second kappa shape index (κ2) is 12.6. The predicted octanol–water partition coefficient (Wildman–Crippen LogP) is 5.34. The first-order chi connectivity index (χ1) is 16.2. The van der Waals surface area contributed by atoms with Crippen LogP contribution in [0.3, 0.4) is 0 Å². The van der Waals surface area contributed by atoms with E-state index in [9.17, 15) is 19.5 Å². The van der Waals surface area contributed by atoms with E-state index < -0.39 is 17.2 Å². The molecule has 7 nitrogen and oxygen atoms in total. The zero-order chi connectivity index (χ0) is 25.3. The van der Waals surface area contributed by atoms with Crippen molar-refractivity contribution in [1.29, 1.82) is 0 Å². The lowest BCUT2D eigenvalue weighted by molar-refractivity contribution is -0.139. The van der Waals surface area contributed by atoms with Crippen molar-refractivity contribution in [2.75, 3.05) is 13.7 Å². The minimum absolute atomic E-state index is 0.173. The van der Waals surface area contributed by atoms with Crippen molar-refractivity contribution >= 4 is 17.8 Å². The topological polar surface area (TPSA) is 103 Å². The number of hydrogen-bond donors (Lipinski definition) is 1. The Morgan fingerprint density at radius 1 is 1.21 bits per heavy atom. The maximum absolute atomic E-state index is 12.9. The molecule has 1 N–H and O–H groups in total. The first-order valence-electron chi connectivity index (χ1n) is 11.2. The van der Waals surface area contributed by atoms with E-state index in [4.69, 9.17) is 9.15 Å². The number of carbonyl (C=O) groups is 2. The normalized spacial score (nSPS) is 12.6. The monoisotopic (exact) mass is 468 g/mol. The minimum Gasteiger partial charge on any atom is -0.507 e. The van der Waals surface area contributed by atoms with Crippen LogP contribution in [0, 0.1) is 6.92 Å². The van der Waals surface area contributed by atoms with Crippen LogP contribution in [0.1, 0.15) is 73.2 Å². The third-order valence-electron chi connectivity index (χ3n) is 5.39. The molecular weight excluding hydrogens is 436 g/mol. The van der Waals surface area contributed by atoms with Gasteiger partial charge in [0.15, 0.2) is 5.78 Å². The molecule has 1 aromatic carbocycles. The summed E-state index contributed by atoms with van der Waals surface area (Å²) in [7, 11) is 1.33. The van der Waals surface area contributed by atoms with Gasteiger partial charge >= 0.3 is 11.6 Å². The summed E-state index contributed by atoms with van der Waals surface area (Å²) >= 11 is 0. The van der Waals surface area contributed by atoms with Gasteiger partial charge in [-0.05, 0) is 68.5 Å². The van der Waals surface area contributed by atoms with Gasteiger partial charge < -0.3 is 19.0 Å². The molecule has 2 aromatic rings. The maximum Gasteiger partial charge on any atom is 0.351 e. The van der Waals surface area contributed by atoms with E-state index in [1.165, 1.54) is 13.2 Å². The Morgan fingerprint density at radius 2 is 1.94 bits per heavy atom. The molecule has 0 radical (unpaired) electrons. The second-order valence-electron chi connectivity index (χ2n) is 8.03. The van der Waals surface area contributed by atoms with E-state index in [-0.39, 0.29) is 23.9 Å². The summed E-state index contributed by atoms with van der Waals surface area (Å²) in [5, 5.41) is 10.5. The molecule has 1 heterocycles. The average Bonchev–Trinajstić information content (AvgIpc) is 2.79. The fraction of sp³-hybridized carbons (Fsp3) is 0.370. The smallest absolute Gasteiger partial charge is 0.351 e. The third-order valence-corrected chi connectivity index (χ3v) is 5.39. The van der Waals surface area contributed by atoms with Crippen molar-refractivity contribution in [3.05, 3.63) is 74.9 Å². The predicted molar refractivity (Wildman–Crippen MR) is 130 cm³/mol. The molecule has 0 fully saturated rings. The number of aryl methyl sites for hydroxylation is 1. The summed E-state index contributed by atoms with van der Waals surface area (Å²) < 4.78 is 15.4. The maximum atomic E-state index is 12.9. The van der Waals surface area contributed by atoms with Crippen molar-refractivity contribution in [3.8, 4) is 11.5 Å². The van der Waals surface area contributed by atoms with Crippen molar-refractivity contribution < 1.29 is 28.6 Å². The molecule has 1 atom stereocenters. The number of ketones is 1. The van der Waals surface area contributed by atoms with Gasteiger partial charge in [-0.25, -0.2) is 4.79 Å². The number of carbonyl (C=O) groups excluding carboxylic acids is 2. The summed E-state index contributed by atoms with van der Waals surface area (Å²) in [5.74, 6) is -0.450. The molecule has 1 aromatic heterocycles. The molecule has 0 saturated carbocycles. The van der Waals surface area contributed by atoms with Crippen molar-refractivity contribution in [2.24, 2.45) is 0 Å². The molecule has 34 heavy (non-hydrogen) atoms. The number of benzene rings is 1. The summed E-state index contributed by atoms with van der Waals surface area (Å²) in [6, 6.07) is 6.85. The Morgan fingerprint density at radius 3 is 2.56 bits per heavy atom. The number of hydrogen-bond acceptors (Lipinski definition) is 7. The fourth-order valence-electron chi connectivity index (χ4n) is 3.38. The second-order valence-corrected chi connectivity index (χ2v) is 8.03. The number of allylic oxidation sites excluding steroid dienone is 2. The van der Waals surface area contributed by atoms with Crippen LogP contribution < -0.4 is 10.4 Å². The van der Waals surface area contributed by atoms with E-state index >= 15 is 0 Å². The highest BCUT2D eigenvalue weighted by atomic mass is 16.5. The molecule has 0 spiro atoms. The van der Waals surface area contributed by atoms with E-state index in [2.05, 4.69) is 4.74 Å². The lowest BCUT2D eigenvalue weighted by Crippen LogP contribution is -2.16. The van der Waals surface area contributed by atoms with E-state index in [0.29, 0.717) is 30.8 Å². The molecule has 0 bridgehead atoms. The summed E-state index contributed by atoms with van der Waals surface area (Å²) in [6.45, 7) is 7.81. The molecule has 0 aliphatic rings. The molecule has 0 amide bonds. The van der Waals surface area contributed by atoms with Crippen LogP contribution in [0.2, 0.25) is 0 Å². The van der Waals surface area contributed by atoms with Crippen LogP contribution in [0.4, 0.5) is 0 Å². The van der Waals surface area contributed by atoms with E-state index in [1.54, 1.807) is 19.1 Å². The molecule has 0 aliphatic heterocycles. The van der Waals surface area contributed by atoms with Gasteiger partial charge in [-0.2, -0.15) is 0 Å². The van der Waals surface area contributed by atoms with Crippen molar-refractivity contribution in [2.45, 2.75) is 52.9 Å². The number of Topliss-reactive ketones (excluding diaryl/α,β-unsaturated/α-hetero) is 1. The highest BCUT2D eigenvalue weighted by Gasteiger charge is 2.22. The van der Waals surface area contributed by atoms with Crippen LogP contribution in [0.15, 0.2) is 51.2 Å². The standard InChI is InChI=1S/C27H32O7/c1-6-33-21-13-12-20(18(3)15-21)14-19(4)26(30)25-22(28)16-23(34-27(25)31)17(2)10-8-7-9-11-24(29)32-5/h7,9,12-17,28H,6,8,10-11H2,1-5H3/b9-7+,19-14?. The van der Waals surface area contributed by atoms with Gasteiger partial charge in [0.1, 0.15) is 22.8 Å². The van der Waals surface area contributed by atoms with Gasteiger partial charge in [0, 0.05) is 12.0 Å². The SMILES string of the molecule is CCOc1ccc(C=C(C)C(=O)c2c(O)cc(C(C)CC/C=C/CC(=O)OC)oc2=O)c(C)c1. The van der Waals surface area contributed by atoms with Gasteiger partial charge in [-0.1, -0.05) is 25.1 Å². The van der Waals surface area contributed by atoms with Crippen LogP contribution in [-0.4, -0.2) is 30.6 Å².